The van der Waals surface area contributed by atoms with E-state index in [1.54, 1.807) is 36.4 Å². The number of hydrogen-bond acceptors (Lipinski definition) is 4. The third-order valence-corrected chi connectivity index (χ3v) is 4.09. The third-order valence-electron chi connectivity index (χ3n) is 4.09. The number of carbonyl (C=O) groups excluding carboxylic acids is 2. The van der Waals surface area contributed by atoms with E-state index in [0.29, 0.717) is 17.1 Å². The number of benzene rings is 2. The molecule has 6 heteroatoms. The molecule has 2 aromatic rings. The first-order valence-corrected chi connectivity index (χ1v) is 8.63. The van der Waals surface area contributed by atoms with Crippen molar-refractivity contribution in [1.82, 2.24) is 0 Å². The van der Waals surface area contributed by atoms with Gasteiger partial charge in [0, 0.05) is 17.4 Å². The van der Waals surface area contributed by atoms with Crippen molar-refractivity contribution in [3.05, 3.63) is 54.6 Å². The lowest BCUT2D eigenvalue weighted by atomic mass is 9.99. The number of hydrogen-bond donors (Lipinski definition) is 3. The van der Waals surface area contributed by atoms with Crippen LogP contribution in [0, 0.1) is 5.92 Å². The number of carbonyl (C=O) groups is 2. The lowest BCUT2D eigenvalue weighted by molar-refractivity contribution is -0.119. The van der Waals surface area contributed by atoms with Crippen molar-refractivity contribution in [3.8, 4) is 5.75 Å². The Morgan fingerprint density at radius 1 is 1.04 bits per heavy atom. The van der Waals surface area contributed by atoms with Gasteiger partial charge < -0.3 is 21.1 Å². The van der Waals surface area contributed by atoms with Crippen LogP contribution in [0.5, 0.6) is 5.75 Å². The van der Waals surface area contributed by atoms with E-state index in [2.05, 4.69) is 10.6 Å². The number of amides is 2. The highest BCUT2D eigenvalue weighted by molar-refractivity contribution is 5.95. The van der Waals surface area contributed by atoms with E-state index < -0.39 is 6.04 Å². The number of ether oxygens (including phenoxy) is 1. The van der Waals surface area contributed by atoms with Crippen LogP contribution in [-0.4, -0.2) is 24.5 Å². The molecule has 0 aliphatic carbocycles. The summed E-state index contributed by atoms with van der Waals surface area (Å²) in [6, 6.07) is 15.5. The summed E-state index contributed by atoms with van der Waals surface area (Å²) in [6.45, 7) is 3.81. The Balaban J connectivity index is 1.88. The molecule has 26 heavy (non-hydrogen) atoms. The van der Waals surface area contributed by atoms with Crippen LogP contribution < -0.4 is 21.1 Å². The summed E-state index contributed by atoms with van der Waals surface area (Å²) in [5, 5.41) is 5.52. The summed E-state index contributed by atoms with van der Waals surface area (Å²) in [7, 11) is 0. The number of anilines is 2. The number of nitrogens with two attached hydrogens (primary N) is 1. The van der Waals surface area contributed by atoms with E-state index >= 15 is 0 Å². The maximum Gasteiger partial charge on any atom is 0.262 e. The van der Waals surface area contributed by atoms with Crippen LogP contribution in [0.4, 0.5) is 11.4 Å². The fourth-order valence-electron chi connectivity index (χ4n) is 2.27. The SMILES string of the molecule is CCC(C)C(N)C(=O)Nc1cccc(OCC(=O)Nc2ccccc2)c1. The van der Waals surface area contributed by atoms with E-state index in [0.717, 1.165) is 6.42 Å². The summed E-state index contributed by atoms with van der Waals surface area (Å²) < 4.78 is 5.50. The van der Waals surface area contributed by atoms with Gasteiger partial charge in [0.15, 0.2) is 6.61 Å². The highest BCUT2D eigenvalue weighted by Crippen LogP contribution is 2.18. The zero-order chi connectivity index (χ0) is 18.9. The van der Waals surface area contributed by atoms with Crippen LogP contribution in [0.25, 0.3) is 0 Å². The molecular weight excluding hydrogens is 330 g/mol. The lowest BCUT2D eigenvalue weighted by Crippen LogP contribution is -2.40. The number of nitrogens with one attached hydrogen (secondary N) is 2. The fourth-order valence-corrected chi connectivity index (χ4v) is 2.27. The van der Waals surface area contributed by atoms with Crippen LogP contribution in [0.1, 0.15) is 20.3 Å². The predicted octanol–water partition coefficient (Wildman–Crippen LogP) is 3.02. The molecule has 0 radical (unpaired) electrons. The van der Waals surface area contributed by atoms with Gasteiger partial charge in [-0.05, 0) is 30.2 Å². The number of para-hydroxylation sites is 1. The quantitative estimate of drug-likeness (QED) is 0.678. The average molecular weight is 355 g/mol. The fraction of sp³-hybridized carbons (Fsp3) is 0.300. The van der Waals surface area contributed by atoms with Gasteiger partial charge in [-0.3, -0.25) is 9.59 Å². The van der Waals surface area contributed by atoms with Gasteiger partial charge in [0.25, 0.3) is 5.91 Å². The Morgan fingerprint density at radius 2 is 1.73 bits per heavy atom. The average Bonchev–Trinajstić information content (AvgIpc) is 2.66. The minimum absolute atomic E-state index is 0.0936. The van der Waals surface area contributed by atoms with Crippen LogP contribution in [0.15, 0.2) is 54.6 Å². The highest BCUT2D eigenvalue weighted by atomic mass is 16.5. The van der Waals surface area contributed by atoms with Crippen LogP contribution in [0.2, 0.25) is 0 Å². The van der Waals surface area contributed by atoms with Crippen molar-refractivity contribution in [1.29, 1.82) is 0 Å². The predicted molar refractivity (Wildman–Crippen MR) is 103 cm³/mol. The first kappa shape index (κ1) is 19.5. The standard InChI is InChI=1S/C20H25N3O3/c1-3-14(2)19(21)20(25)23-16-10-7-11-17(12-16)26-13-18(24)22-15-8-5-4-6-9-15/h4-12,14,19H,3,13,21H2,1-2H3,(H,22,24)(H,23,25). The van der Waals surface area contributed by atoms with Gasteiger partial charge in [-0.2, -0.15) is 0 Å². The summed E-state index contributed by atoms with van der Waals surface area (Å²) in [5.41, 5.74) is 7.22. The largest absolute Gasteiger partial charge is 0.484 e. The molecule has 6 nitrogen and oxygen atoms in total. The molecule has 0 saturated carbocycles. The van der Waals surface area contributed by atoms with Crippen molar-refractivity contribution < 1.29 is 14.3 Å². The zero-order valence-electron chi connectivity index (χ0n) is 15.1. The van der Waals surface area contributed by atoms with Crippen molar-refractivity contribution in [2.24, 2.45) is 11.7 Å². The molecule has 2 aromatic carbocycles. The first-order valence-electron chi connectivity index (χ1n) is 8.63. The Morgan fingerprint density at radius 3 is 2.42 bits per heavy atom. The molecule has 4 N–H and O–H groups in total. The van der Waals surface area contributed by atoms with E-state index in [-0.39, 0.29) is 24.3 Å². The van der Waals surface area contributed by atoms with Crippen molar-refractivity contribution in [2.75, 3.05) is 17.2 Å². The van der Waals surface area contributed by atoms with Gasteiger partial charge >= 0.3 is 0 Å². The maximum atomic E-state index is 12.2. The summed E-state index contributed by atoms with van der Waals surface area (Å²) in [6.07, 6.45) is 0.828. The van der Waals surface area contributed by atoms with Gasteiger partial charge in [-0.1, -0.05) is 44.5 Å². The molecule has 2 amide bonds. The van der Waals surface area contributed by atoms with E-state index in [1.165, 1.54) is 0 Å². The smallest absolute Gasteiger partial charge is 0.262 e. The Hall–Kier alpha value is -2.86. The van der Waals surface area contributed by atoms with E-state index in [4.69, 9.17) is 10.5 Å². The third kappa shape index (κ3) is 5.89. The molecule has 0 aliphatic rings. The summed E-state index contributed by atoms with van der Waals surface area (Å²) in [5.74, 6) is 0.0852. The second-order valence-corrected chi connectivity index (χ2v) is 6.13. The van der Waals surface area contributed by atoms with Crippen LogP contribution in [0.3, 0.4) is 0 Å². The maximum absolute atomic E-state index is 12.2. The van der Waals surface area contributed by atoms with Gasteiger partial charge in [0.1, 0.15) is 5.75 Å². The van der Waals surface area contributed by atoms with Crippen LogP contribution in [-0.2, 0) is 9.59 Å². The Bertz CT molecular complexity index is 734. The molecule has 0 aliphatic heterocycles. The summed E-state index contributed by atoms with van der Waals surface area (Å²) >= 11 is 0. The van der Waals surface area contributed by atoms with Gasteiger partial charge in [-0.25, -0.2) is 0 Å². The second-order valence-electron chi connectivity index (χ2n) is 6.13. The number of rotatable bonds is 8. The Kier molecular flexibility index (Phi) is 7.17. The molecule has 0 aromatic heterocycles. The van der Waals surface area contributed by atoms with E-state index in [1.807, 2.05) is 32.0 Å². The molecule has 0 bridgehead atoms. The molecular formula is C20H25N3O3. The minimum Gasteiger partial charge on any atom is -0.484 e. The van der Waals surface area contributed by atoms with Crippen LogP contribution >= 0.6 is 0 Å². The molecule has 0 spiro atoms. The molecule has 0 heterocycles. The molecule has 138 valence electrons. The minimum atomic E-state index is -0.568. The van der Waals surface area contributed by atoms with Crippen molar-refractivity contribution in [3.63, 3.8) is 0 Å². The topological polar surface area (TPSA) is 93.5 Å². The van der Waals surface area contributed by atoms with Gasteiger partial charge in [0.2, 0.25) is 5.91 Å². The molecule has 0 fully saturated rings. The molecule has 2 unspecified atom stereocenters. The van der Waals surface area contributed by atoms with Crippen molar-refractivity contribution >= 4 is 23.2 Å². The molecule has 2 rings (SSSR count). The van der Waals surface area contributed by atoms with Gasteiger partial charge in [0.05, 0.1) is 6.04 Å². The monoisotopic (exact) mass is 355 g/mol. The molecule has 2 atom stereocenters. The summed E-state index contributed by atoms with van der Waals surface area (Å²) in [4.78, 5) is 24.1. The Labute approximate surface area is 153 Å². The highest BCUT2D eigenvalue weighted by Gasteiger charge is 2.19. The zero-order valence-corrected chi connectivity index (χ0v) is 15.1. The lowest BCUT2D eigenvalue weighted by Gasteiger charge is -2.18. The van der Waals surface area contributed by atoms with Gasteiger partial charge in [-0.15, -0.1) is 0 Å². The van der Waals surface area contributed by atoms with Crippen molar-refractivity contribution in [2.45, 2.75) is 26.3 Å². The van der Waals surface area contributed by atoms with E-state index in [9.17, 15) is 9.59 Å². The normalized spacial score (nSPS) is 12.7. The second kappa shape index (κ2) is 9.58. The molecule has 0 saturated heterocycles. The first-order chi connectivity index (χ1) is 12.5.